The first kappa shape index (κ1) is 21.5. The van der Waals surface area contributed by atoms with Crippen molar-refractivity contribution in [3.63, 3.8) is 0 Å². The normalized spacial score (nSPS) is 11.3. The highest BCUT2D eigenvalue weighted by molar-refractivity contribution is 6.06. The van der Waals surface area contributed by atoms with Crippen LogP contribution >= 0.6 is 0 Å². The largest absolute Gasteiger partial charge is 0.334 e. The second kappa shape index (κ2) is 8.55. The van der Waals surface area contributed by atoms with Crippen molar-refractivity contribution in [3.8, 4) is 17.1 Å². The molecule has 2 heterocycles. The van der Waals surface area contributed by atoms with Crippen LogP contribution in [0.15, 0.2) is 71.3 Å². The van der Waals surface area contributed by atoms with Crippen LogP contribution in [0.1, 0.15) is 41.8 Å². The summed E-state index contributed by atoms with van der Waals surface area (Å²) in [6, 6.07) is 18.7. The minimum atomic E-state index is -0.309. The highest BCUT2D eigenvalue weighted by Gasteiger charge is 2.15. The zero-order valence-corrected chi connectivity index (χ0v) is 18.9. The van der Waals surface area contributed by atoms with Gasteiger partial charge < -0.3 is 9.84 Å². The number of anilines is 1. The van der Waals surface area contributed by atoms with Gasteiger partial charge in [-0.05, 0) is 73.7 Å². The summed E-state index contributed by atoms with van der Waals surface area (Å²) in [7, 11) is 0. The highest BCUT2D eigenvalue weighted by atomic mass is 19.1. The van der Waals surface area contributed by atoms with Gasteiger partial charge in [-0.3, -0.25) is 9.36 Å². The quantitative estimate of drug-likeness (QED) is 0.357. The molecule has 7 nitrogen and oxygen atoms in total. The lowest BCUT2D eigenvalue weighted by molar-refractivity contribution is 0.102. The van der Waals surface area contributed by atoms with Gasteiger partial charge in [-0.15, -0.1) is 0 Å². The molecule has 0 fully saturated rings. The molecule has 0 aliphatic carbocycles. The van der Waals surface area contributed by atoms with Gasteiger partial charge in [0.15, 0.2) is 5.82 Å². The average molecular weight is 455 g/mol. The first-order valence-electron chi connectivity index (χ1n) is 10.9. The van der Waals surface area contributed by atoms with E-state index in [-0.39, 0.29) is 17.6 Å². The molecule has 8 heteroatoms. The van der Waals surface area contributed by atoms with E-state index >= 15 is 0 Å². The van der Waals surface area contributed by atoms with E-state index in [1.165, 1.54) is 12.1 Å². The summed E-state index contributed by atoms with van der Waals surface area (Å²) in [5.74, 6) is 1.46. The van der Waals surface area contributed by atoms with Crippen LogP contribution in [0.5, 0.6) is 0 Å². The Bertz CT molecular complexity index is 1480. The third-order valence-corrected chi connectivity index (χ3v) is 5.52. The maximum absolute atomic E-state index is 13.4. The lowest BCUT2D eigenvalue weighted by Gasteiger charge is -2.09. The maximum atomic E-state index is 13.4. The van der Waals surface area contributed by atoms with Crippen molar-refractivity contribution < 1.29 is 13.7 Å². The Hall–Kier alpha value is -4.33. The number of halogens is 1. The van der Waals surface area contributed by atoms with Crippen LogP contribution in [-0.2, 0) is 0 Å². The number of carbonyl (C=O) groups excluding carboxylic acids is 1. The summed E-state index contributed by atoms with van der Waals surface area (Å²) in [6.45, 7) is 5.87. The molecule has 170 valence electrons. The summed E-state index contributed by atoms with van der Waals surface area (Å²) in [5.41, 5.74) is 4.19. The second-order valence-electron chi connectivity index (χ2n) is 8.32. The molecule has 3 aromatic carbocycles. The maximum Gasteiger partial charge on any atom is 0.257 e. The van der Waals surface area contributed by atoms with Crippen molar-refractivity contribution in [1.82, 2.24) is 19.7 Å². The fourth-order valence-corrected chi connectivity index (χ4v) is 3.74. The number of imidazole rings is 1. The molecule has 34 heavy (non-hydrogen) atoms. The van der Waals surface area contributed by atoms with Crippen molar-refractivity contribution in [2.24, 2.45) is 0 Å². The van der Waals surface area contributed by atoms with Crippen molar-refractivity contribution in [2.45, 2.75) is 26.7 Å². The van der Waals surface area contributed by atoms with Crippen LogP contribution in [0, 0.1) is 12.7 Å². The smallest absolute Gasteiger partial charge is 0.257 e. The molecule has 0 unspecified atom stereocenters. The Labute approximate surface area is 195 Å². The molecule has 0 aliphatic heterocycles. The zero-order chi connectivity index (χ0) is 23.8. The van der Waals surface area contributed by atoms with E-state index in [9.17, 15) is 9.18 Å². The number of hydrogen-bond acceptors (Lipinski definition) is 5. The van der Waals surface area contributed by atoms with Gasteiger partial charge in [0, 0.05) is 28.4 Å². The topological polar surface area (TPSA) is 85.8 Å². The van der Waals surface area contributed by atoms with Gasteiger partial charge in [-0.1, -0.05) is 19.0 Å². The Kier molecular flexibility index (Phi) is 5.41. The van der Waals surface area contributed by atoms with Crippen LogP contribution in [0.2, 0.25) is 0 Å². The molecule has 0 spiro atoms. The summed E-state index contributed by atoms with van der Waals surface area (Å²) in [5, 5.41) is 6.89. The van der Waals surface area contributed by atoms with Crippen molar-refractivity contribution in [1.29, 1.82) is 0 Å². The van der Waals surface area contributed by atoms with E-state index in [1.807, 2.05) is 43.5 Å². The van der Waals surface area contributed by atoms with E-state index < -0.39 is 0 Å². The average Bonchev–Trinajstić information content (AvgIpc) is 3.44. The van der Waals surface area contributed by atoms with Crippen LogP contribution in [0.4, 0.5) is 10.1 Å². The lowest BCUT2D eigenvalue weighted by Crippen LogP contribution is -2.12. The summed E-state index contributed by atoms with van der Waals surface area (Å²) in [4.78, 5) is 21.9. The first-order valence-corrected chi connectivity index (χ1v) is 10.9. The van der Waals surface area contributed by atoms with Crippen molar-refractivity contribution in [2.75, 3.05) is 5.32 Å². The molecule has 0 radical (unpaired) electrons. The molecular formula is C26H22FN5O2. The summed E-state index contributed by atoms with van der Waals surface area (Å²) < 4.78 is 20.6. The van der Waals surface area contributed by atoms with Gasteiger partial charge in [0.25, 0.3) is 11.8 Å². The van der Waals surface area contributed by atoms with Gasteiger partial charge >= 0.3 is 0 Å². The van der Waals surface area contributed by atoms with Gasteiger partial charge in [-0.25, -0.2) is 9.37 Å². The van der Waals surface area contributed by atoms with E-state index in [1.54, 1.807) is 36.4 Å². The van der Waals surface area contributed by atoms with Crippen LogP contribution in [0.25, 0.3) is 28.2 Å². The van der Waals surface area contributed by atoms with Crippen LogP contribution in [-0.4, -0.2) is 25.6 Å². The molecule has 5 aromatic rings. The fraction of sp³-hybridized carbons (Fsp3) is 0.154. The highest BCUT2D eigenvalue weighted by Crippen LogP contribution is 2.25. The first-order chi connectivity index (χ1) is 16.4. The Balaban J connectivity index is 1.39. The zero-order valence-electron chi connectivity index (χ0n) is 18.9. The number of amides is 1. The predicted octanol–water partition coefficient (Wildman–Crippen LogP) is 5.90. The van der Waals surface area contributed by atoms with Crippen molar-refractivity contribution in [3.05, 3.63) is 89.8 Å². The number of aromatic nitrogens is 4. The van der Waals surface area contributed by atoms with E-state index in [0.717, 1.165) is 28.1 Å². The minimum absolute atomic E-state index is 0.177. The Morgan fingerprint density at radius 1 is 1.00 bits per heavy atom. The molecule has 2 aromatic heterocycles. The summed E-state index contributed by atoms with van der Waals surface area (Å²) in [6.07, 6.45) is 0. The second-order valence-corrected chi connectivity index (χ2v) is 8.32. The summed E-state index contributed by atoms with van der Waals surface area (Å²) >= 11 is 0. The van der Waals surface area contributed by atoms with E-state index in [0.29, 0.717) is 23.0 Å². The third-order valence-electron chi connectivity index (χ3n) is 5.52. The number of rotatable bonds is 5. The molecule has 0 aliphatic rings. The molecule has 0 saturated carbocycles. The minimum Gasteiger partial charge on any atom is -0.334 e. The van der Waals surface area contributed by atoms with E-state index in [2.05, 4.69) is 20.4 Å². The Morgan fingerprint density at radius 3 is 2.41 bits per heavy atom. The third kappa shape index (κ3) is 4.05. The van der Waals surface area contributed by atoms with Gasteiger partial charge in [-0.2, -0.15) is 4.98 Å². The van der Waals surface area contributed by atoms with Gasteiger partial charge in [0.05, 0.1) is 11.0 Å². The number of nitrogens with one attached hydrogen (secondary N) is 1. The standard InChI is InChI=1S/C26H22FN5O2/c1-15(2)24-30-26(34-31-24)17-4-9-20(10-5-17)29-25(33)18-6-13-22-23(14-18)32(16(3)28-22)21-11-7-19(27)8-12-21/h4-15H,1-3H3,(H,29,33). The van der Waals surface area contributed by atoms with Crippen LogP contribution < -0.4 is 5.32 Å². The number of fused-ring (bicyclic) bond motifs is 1. The van der Waals surface area contributed by atoms with E-state index in [4.69, 9.17) is 4.52 Å². The molecule has 0 bridgehead atoms. The molecule has 0 atom stereocenters. The molecule has 1 N–H and O–H groups in total. The molecular weight excluding hydrogens is 433 g/mol. The molecule has 0 saturated heterocycles. The predicted molar refractivity (Wildman–Crippen MR) is 128 cm³/mol. The fourth-order valence-electron chi connectivity index (χ4n) is 3.74. The number of nitrogens with zero attached hydrogens (tertiary/aromatic N) is 4. The number of aryl methyl sites for hydroxylation is 1. The number of carbonyl (C=O) groups is 1. The molecule has 1 amide bonds. The van der Waals surface area contributed by atoms with Gasteiger partial charge in [0.2, 0.25) is 0 Å². The number of hydrogen-bond donors (Lipinski definition) is 1. The Morgan fingerprint density at radius 2 is 1.74 bits per heavy atom. The SMILES string of the molecule is Cc1nc2ccc(C(=O)Nc3ccc(-c4nc(C(C)C)no4)cc3)cc2n1-c1ccc(F)cc1. The van der Waals surface area contributed by atoms with Gasteiger partial charge in [0.1, 0.15) is 11.6 Å². The lowest BCUT2D eigenvalue weighted by atomic mass is 10.1. The number of benzene rings is 3. The van der Waals surface area contributed by atoms with Crippen molar-refractivity contribution >= 4 is 22.6 Å². The van der Waals surface area contributed by atoms with Crippen LogP contribution in [0.3, 0.4) is 0 Å². The molecule has 5 rings (SSSR count). The monoisotopic (exact) mass is 455 g/mol.